The van der Waals surface area contributed by atoms with Gasteiger partial charge in [-0.1, -0.05) is 32.8 Å². The first-order valence-electron chi connectivity index (χ1n) is 5.31. The van der Waals surface area contributed by atoms with Crippen LogP contribution in [0.25, 0.3) is 0 Å². The highest BCUT2D eigenvalue weighted by atomic mass is 19.1. The Morgan fingerprint density at radius 1 is 1.13 bits per heavy atom. The molecule has 2 N–H and O–H groups in total. The molecule has 0 fully saturated rings. The first kappa shape index (κ1) is 12.1. The smallest absolute Gasteiger partial charge is 0.130 e. The molecular formula is C12H17F2N. The number of halogens is 2. The molecule has 1 atom stereocenters. The second kappa shape index (κ2) is 5.21. The summed E-state index contributed by atoms with van der Waals surface area (Å²) >= 11 is 0. The zero-order chi connectivity index (χ0) is 11.4. The van der Waals surface area contributed by atoms with E-state index in [9.17, 15) is 8.78 Å². The van der Waals surface area contributed by atoms with Crippen LogP contribution in [0.15, 0.2) is 18.2 Å². The Morgan fingerprint density at radius 3 is 2.00 bits per heavy atom. The lowest BCUT2D eigenvalue weighted by Gasteiger charge is -2.22. The summed E-state index contributed by atoms with van der Waals surface area (Å²) in [7, 11) is 0. The monoisotopic (exact) mass is 213 g/mol. The molecule has 1 nitrogen and oxygen atoms in total. The maximum Gasteiger partial charge on any atom is 0.130 e. The second-order valence-electron chi connectivity index (χ2n) is 3.74. The maximum absolute atomic E-state index is 13.4. The van der Waals surface area contributed by atoms with Gasteiger partial charge in [0.2, 0.25) is 0 Å². The third-order valence-electron chi connectivity index (χ3n) is 2.89. The van der Waals surface area contributed by atoms with Gasteiger partial charge in [-0.25, -0.2) is 8.78 Å². The van der Waals surface area contributed by atoms with Crippen molar-refractivity contribution >= 4 is 0 Å². The predicted molar refractivity (Wildman–Crippen MR) is 57.4 cm³/mol. The van der Waals surface area contributed by atoms with Crippen molar-refractivity contribution < 1.29 is 8.78 Å². The molecule has 0 bridgehead atoms. The molecule has 1 aromatic carbocycles. The van der Waals surface area contributed by atoms with Crippen LogP contribution in [0.4, 0.5) is 8.78 Å². The minimum Gasteiger partial charge on any atom is -0.324 e. The quantitative estimate of drug-likeness (QED) is 0.815. The number of benzene rings is 1. The first-order chi connectivity index (χ1) is 7.11. The van der Waals surface area contributed by atoms with Crippen molar-refractivity contribution in [2.45, 2.75) is 32.7 Å². The van der Waals surface area contributed by atoms with Gasteiger partial charge < -0.3 is 5.73 Å². The fourth-order valence-electron chi connectivity index (χ4n) is 1.86. The second-order valence-corrected chi connectivity index (χ2v) is 3.74. The largest absolute Gasteiger partial charge is 0.324 e. The van der Waals surface area contributed by atoms with Crippen LogP contribution in [0.1, 0.15) is 38.3 Å². The SMILES string of the molecule is CCC(CC)C(N)c1c(F)cccc1F. The van der Waals surface area contributed by atoms with Crippen molar-refractivity contribution in [1.29, 1.82) is 0 Å². The summed E-state index contributed by atoms with van der Waals surface area (Å²) in [4.78, 5) is 0. The van der Waals surface area contributed by atoms with Gasteiger partial charge in [-0.3, -0.25) is 0 Å². The Bertz CT molecular complexity index is 301. The van der Waals surface area contributed by atoms with Crippen LogP contribution in [-0.4, -0.2) is 0 Å². The zero-order valence-corrected chi connectivity index (χ0v) is 9.13. The Balaban J connectivity index is 3.04. The Hall–Kier alpha value is -0.960. The predicted octanol–water partition coefficient (Wildman–Crippen LogP) is 3.40. The van der Waals surface area contributed by atoms with Crippen molar-refractivity contribution in [1.82, 2.24) is 0 Å². The van der Waals surface area contributed by atoms with Crippen molar-refractivity contribution in [2.75, 3.05) is 0 Å². The van der Waals surface area contributed by atoms with Gasteiger partial charge in [0.05, 0.1) is 0 Å². The molecule has 0 aliphatic carbocycles. The molecule has 0 aliphatic rings. The highest BCUT2D eigenvalue weighted by Gasteiger charge is 2.22. The van der Waals surface area contributed by atoms with Crippen LogP contribution in [0.5, 0.6) is 0 Å². The van der Waals surface area contributed by atoms with Crippen molar-refractivity contribution in [3.8, 4) is 0 Å². The van der Waals surface area contributed by atoms with Gasteiger partial charge in [0, 0.05) is 11.6 Å². The van der Waals surface area contributed by atoms with Crippen LogP contribution in [-0.2, 0) is 0 Å². The molecule has 0 saturated carbocycles. The van der Waals surface area contributed by atoms with Gasteiger partial charge in [0.15, 0.2) is 0 Å². The van der Waals surface area contributed by atoms with E-state index in [0.29, 0.717) is 0 Å². The number of rotatable bonds is 4. The summed E-state index contributed by atoms with van der Waals surface area (Å²) in [6.07, 6.45) is 1.65. The van der Waals surface area contributed by atoms with Crippen LogP contribution >= 0.6 is 0 Å². The van der Waals surface area contributed by atoms with Gasteiger partial charge >= 0.3 is 0 Å². The minimum absolute atomic E-state index is 0.0196. The van der Waals surface area contributed by atoms with Crippen molar-refractivity contribution in [3.63, 3.8) is 0 Å². The topological polar surface area (TPSA) is 26.0 Å². The lowest BCUT2D eigenvalue weighted by Crippen LogP contribution is -2.22. The molecule has 1 rings (SSSR count). The van der Waals surface area contributed by atoms with Crippen LogP contribution < -0.4 is 5.73 Å². The van der Waals surface area contributed by atoms with E-state index in [1.54, 1.807) is 0 Å². The Kier molecular flexibility index (Phi) is 4.21. The highest BCUT2D eigenvalue weighted by Crippen LogP contribution is 2.28. The molecule has 0 aliphatic heterocycles. The molecule has 3 heteroatoms. The van der Waals surface area contributed by atoms with E-state index >= 15 is 0 Å². The van der Waals surface area contributed by atoms with Crippen molar-refractivity contribution in [2.24, 2.45) is 11.7 Å². The summed E-state index contributed by atoms with van der Waals surface area (Å²) in [6.45, 7) is 3.96. The highest BCUT2D eigenvalue weighted by molar-refractivity contribution is 5.23. The van der Waals surface area contributed by atoms with E-state index in [0.717, 1.165) is 12.8 Å². The van der Waals surface area contributed by atoms with Gasteiger partial charge in [0.25, 0.3) is 0 Å². The Morgan fingerprint density at radius 2 is 1.60 bits per heavy atom. The number of hydrogen-bond acceptors (Lipinski definition) is 1. The lowest BCUT2D eigenvalue weighted by molar-refractivity contribution is 0.380. The Labute approximate surface area is 89.3 Å². The van der Waals surface area contributed by atoms with Gasteiger partial charge in [-0.05, 0) is 18.1 Å². The van der Waals surface area contributed by atoms with E-state index in [1.807, 2.05) is 13.8 Å². The van der Waals surface area contributed by atoms with Crippen LogP contribution in [0, 0.1) is 17.6 Å². The molecule has 0 heterocycles. The maximum atomic E-state index is 13.4. The number of hydrogen-bond donors (Lipinski definition) is 1. The third kappa shape index (κ3) is 2.53. The van der Waals surface area contributed by atoms with Gasteiger partial charge in [-0.2, -0.15) is 0 Å². The van der Waals surface area contributed by atoms with Crippen molar-refractivity contribution in [3.05, 3.63) is 35.4 Å². The fraction of sp³-hybridized carbons (Fsp3) is 0.500. The van der Waals surface area contributed by atoms with Crippen LogP contribution in [0.3, 0.4) is 0 Å². The first-order valence-corrected chi connectivity index (χ1v) is 5.31. The average molecular weight is 213 g/mol. The normalized spacial score (nSPS) is 13.2. The summed E-state index contributed by atoms with van der Waals surface area (Å²) in [5.41, 5.74) is 5.90. The standard InChI is InChI=1S/C12H17F2N/c1-3-8(4-2)12(15)11-9(13)6-5-7-10(11)14/h5-8,12H,3-4,15H2,1-2H3. The molecule has 1 aromatic rings. The lowest BCUT2D eigenvalue weighted by atomic mass is 9.89. The van der Waals surface area contributed by atoms with Gasteiger partial charge in [-0.15, -0.1) is 0 Å². The molecule has 84 valence electrons. The third-order valence-corrected chi connectivity index (χ3v) is 2.89. The van der Waals surface area contributed by atoms with E-state index in [1.165, 1.54) is 18.2 Å². The zero-order valence-electron chi connectivity index (χ0n) is 9.13. The summed E-state index contributed by atoms with van der Waals surface area (Å²) < 4.78 is 26.8. The molecule has 0 saturated heterocycles. The van der Waals surface area contributed by atoms with Gasteiger partial charge in [0.1, 0.15) is 11.6 Å². The molecule has 15 heavy (non-hydrogen) atoms. The minimum atomic E-state index is -0.554. The summed E-state index contributed by atoms with van der Waals surface area (Å²) in [5.74, 6) is -0.972. The van der Waals surface area contributed by atoms with Crippen LogP contribution in [0.2, 0.25) is 0 Å². The van der Waals surface area contributed by atoms with E-state index in [-0.39, 0.29) is 11.5 Å². The summed E-state index contributed by atoms with van der Waals surface area (Å²) in [6, 6.07) is 3.30. The average Bonchev–Trinajstić information content (AvgIpc) is 2.19. The van der Waals surface area contributed by atoms with E-state index in [4.69, 9.17) is 5.73 Å². The molecular weight excluding hydrogens is 196 g/mol. The number of nitrogens with two attached hydrogens (primary N) is 1. The molecule has 1 unspecified atom stereocenters. The fourth-order valence-corrected chi connectivity index (χ4v) is 1.86. The summed E-state index contributed by atoms with van der Waals surface area (Å²) in [5, 5.41) is 0. The molecule has 0 amide bonds. The molecule has 0 aromatic heterocycles. The molecule has 0 spiro atoms. The van der Waals surface area contributed by atoms with E-state index in [2.05, 4.69) is 0 Å². The molecule has 0 radical (unpaired) electrons. The van der Waals surface area contributed by atoms with E-state index < -0.39 is 17.7 Å².